The molecule has 2 aliphatic carbocycles. The van der Waals surface area contributed by atoms with Gasteiger partial charge in [0.2, 0.25) is 10.0 Å². The van der Waals surface area contributed by atoms with E-state index >= 15 is 0 Å². The molecule has 7 atom stereocenters. The lowest BCUT2D eigenvalue weighted by atomic mass is 9.63. The number of nitrogens with one attached hydrogen (secondary N) is 1. The number of carbonyl (C=O) groups excluding carboxylic acids is 2. The van der Waals surface area contributed by atoms with Gasteiger partial charge in [-0.05, 0) is 112 Å². The Balaban J connectivity index is 1.32. The molecule has 4 aliphatic rings. The average Bonchev–Trinajstić information content (AvgIpc) is 3.30. The Bertz CT molecular complexity index is 2030. The topological polar surface area (TPSA) is 137 Å². The zero-order valence-electron chi connectivity index (χ0n) is 30.9. The molecule has 1 N–H and O–H groups in total. The van der Waals surface area contributed by atoms with Crippen molar-refractivity contribution in [1.82, 2.24) is 9.71 Å². The van der Waals surface area contributed by atoms with Gasteiger partial charge in [0.25, 0.3) is 5.91 Å². The Morgan fingerprint density at radius 3 is 2.62 bits per heavy atom. The van der Waals surface area contributed by atoms with Crippen molar-refractivity contribution in [2.75, 3.05) is 32.2 Å². The molecule has 3 heterocycles. The zero-order chi connectivity index (χ0) is 37.7. The van der Waals surface area contributed by atoms with E-state index in [-0.39, 0.29) is 47.5 Å². The number of aryl methyl sites for hydroxylation is 2. The summed E-state index contributed by atoms with van der Waals surface area (Å²) in [5, 5.41) is -0.167. The lowest BCUT2D eigenvalue weighted by Gasteiger charge is -2.49. The van der Waals surface area contributed by atoms with E-state index in [9.17, 15) is 18.0 Å². The molecule has 1 aromatic heterocycles. The fourth-order valence-corrected chi connectivity index (χ4v) is 10.2. The summed E-state index contributed by atoms with van der Waals surface area (Å²) >= 11 is 6.44. The Morgan fingerprint density at radius 2 is 1.89 bits per heavy atom. The van der Waals surface area contributed by atoms with Crippen LogP contribution in [0.15, 0.2) is 53.0 Å². The molecule has 0 spiro atoms. The molecule has 1 fully saturated rings. The number of halogens is 1. The summed E-state index contributed by atoms with van der Waals surface area (Å²) in [5.41, 5.74) is 2.57. The second kappa shape index (κ2) is 14.8. The number of benzene rings is 2. The van der Waals surface area contributed by atoms with Crippen LogP contribution < -0.4 is 14.4 Å². The highest BCUT2D eigenvalue weighted by Gasteiger charge is 2.49. The summed E-state index contributed by atoms with van der Waals surface area (Å²) in [6, 6.07) is 11.2. The number of sulfonamides is 1. The number of amides is 1. The first-order chi connectivity index (χ1) is 25.3. The SMILES string of the molecule is COC(=O)c1nc(C[C@]2(OC)/C=C/C[C@H](C)[C@@H](C)S(=O)(=O)NC(=O)c3ccc4c(c3)N(C[C@H]3CCCc5cc(Cl)ccc5C3O4)C[C@@H]3CC[C@H]32)oc1C. The van der Waals surface area contributed by atoms with Gasteiger partial charge in [0.1, 0.15) is 17.6 Å². The number of anilines is 1. The van der Waals surface area contributed by atoms with Gasteiger partial charge < -0.3 is 23.5 Å². The number of allylic oxidation sites excluding steroid dienone is 1. The fraction of sp³-hybridized carbons (Fsp3) is 0.525. The average molecular weight is 766 g/mol. The summed E-state index contributed by atoms with van der Waals surface area (Å²) < 4.78 is 53.8. The van der Waals surface area contributed by atoms with Crippen LogP contribution in [0.4, 0.5) is 5.69 Å². The zero-order valence-corrected chi connectivity index (χ0v) is 32.5. The normalized spacial score (nSPS) is 30.2. The maximum absolute atomic E-state index is 13.6. The number of hydrogen-bond donors (Lipinski definition) is 1. The molecule has 7 rings (SSSR count). The van der Waals surface area contributed by atoms with Crippen LogP contribution in [0.3, 0.4) is 0 Å². The summed E-state index contributed by atoms with van der Waals surface area (Å²) in [7, 11) is -1.04. The third-order valence-corrected chi connectivity index (χ3v) is 14.2. The van der Waals surface area contributed by atoms with Gasteiger partial charge in [0.05, 0.1) is 30.1 Å². The van der Waals surface area contributed by atoms with Crippen molar-refractivity contribution in [3.63, 3.8) is 0 Å². The van der Waals surface area contributed by atoms with Gasteiger partial charge >= 0.3 is 5.97 Å². The lowest BCUT2D eigenvalue weighted by molar-refractivity contribution is -0.0776. The first-order valence-corrected chi connectivity index (χ1v) is 20.4. The number of rotatable bonds is 4. The molecule has 1 saturated carbocycles. The predicted octanol–water partition coefficient (Wildman–Crippen LogP) is 7.01. The van der Waals surface area contributed by atoms with Gasteiger partial charge in [0.15, 0.2) is 11.6 Å². The Morgan fingerprint density at radius 1 is 1.09 bits per heavy atom. The highest BCUT2D eigenvalue weighted by Crippen LogP contribution is 2.50. The van der Waals surface area contributed by atoms with Crippen LogP contribution in [0.1, 0.15) is 95.7 Å². The van der Waals surface area contributed by atoms with Gasteiger partial charge in [-0.2, -0.15) is 0 Å². The highest BCUT2D eigenvalue weighted by molar-refractivity contribution is 7.90. The first-order valence-electron chi connectivity index (χ1n) is 18.5. The third-order valence-electron chi connectivity index (χ3n) is 12.1. The van der Waals surface area contributed by atoms with Crippen molar-refractivity contribution >= 4 is 39.2 Å². The molecule has 11 nitrogen and oxygen atoms in total. The number of aromatic nitrogens is 1. The molecule has 2 aromatic carbocycles. The highest BCUT2D eigenvalue weighted by atomic mass is 35.5. The van der Waals surface area contributed by atoms with Crippen molar-refractivity contribution in [3.8, 4) is 5.75 Å². The van der Waals surface area contributed by atoms with E-state index in [0.717, 1.165) is 43.4 Å². The lowest BCUT2D eigenvalue weighted by Crippen LogP contribution is -2.52. The van der Waals surface area contributed by atoms with Crippen LogP contribution in [-0.4, -0.2) is 63.4 Å². The Hall–Kier alpha value is -3.87. The molecule has 13 heteroatoms. The number of fused-ring (bicyclic) bond motifs is 5. The minimum Gasteiger partial charge on any atom is -0.483 e. The number of methoxy groups -OCH3 is 2. The number of carbonyl (C=O) groups is 2. The number of hydrogen-bond acceptors (Lipinski definition) is 10. The molecule has 0 saturated heterocycles. The molecule has 53 heavy (non-hydrogen) atoms. The predicted molar refractivity (Wildman–Crippen MR) is 201 cm³/mol. The molecule has 1 amide bonds. The maximum atomic E-state index is 13.6. The summed E-state index contributed by atoms with van der Waals surface area (Å²) in [5.74, 6) is 0.170. The van der Waals surface area contributed by atoms with Gasteiger partial charge in [-0.1, -0.05) is 36.7 Å². The van der Waals surface area contributed by atoms with E-state index < -0.39 is 32.8 Å². The van der Waals surface area contributed by atoms with Gasteiger partial charge in [-0.15, -0.1) is 0 Å². The van der Waals surface area contributed by atoms with E-state index in [1.54, 1.807) is 39.2 Å². The van der Waals surface area contributed by atoms with Crippen LogP contribution in [0.2, 0.25) is 5.02 Å². The van der Waals surface area contributed by atoms with E-state index in [1.165, 1.54) is 12.7 Å². The smallest absolute Gasteiger partial charge is 0.360 e. The Kier molecular flexibility index (Phi) is 10.4. The standard InChI is InChI=1S/C40H48ClN3O8S/c1-23-8-7-17-40(50-5,20-35-42-36(24(2)51-35)39(46)49-4)32-15-11-28(32)21-44-22-29-10-6-9-26-18-30(41)13-14-31(26)37(29)52-34-16-12-27(19-33(34)44)38(45)43-53(47,48)25(23)3/h7,12-14,16-19,23,25,28-29,32,37H,6,8-11,15,20-22H2,1-5H3,(H,43,45)/b17-7+/t23-,25+,28-,29+,32+,37?,40+/m0/s1. The monoisotopic (exact) mass is 765 g/mol. The molecule has 2 bridgehead atoms. The van der Waals surface area contributed by atoms with Gasteiger partial charge in [-0.3, -0.25) is 4.79 Å². The molecule has 2 aliphatic heterocycles. The van der Waals surface area contributed by atoms with Crippen molar-refractivity contribution in [2.45, 2.75) is 82.7 Å². The van der Waals surface area contributed by atoms with Crippen LogP contribution in [0, 0.1) is 30.6 Å². The molecule has 3 aromatic rings. The molecule has 284 valence electrons. The van der Waals surface area contributed by atoms with E-state index in [2.05, 4.69) is 20.7 Å². The number of nitrogens with zero attached hydrogens (tertiary/aromatic N) is 2. The minimum absolute atomic E-state index is 0.0359. The van der Waals surface area contributed by atoms with Crippen LogP contribution in [0.5, 0.6) is 5.75 Å². The van der Waals surface area contributed by atoms with Crippen LogP contribution in [0.25, 0.3) is 0 Å². The molecular formula is C40H48ClN3O8S. The second-order valence-electron chi connectivity index (χ2n) is 15.2. The first kappa shape index (κ1) is 37.4. The number of oxazole rings is 1. The third kappa shape index (κ3) is 7.22. The summed E-state index contributed by atoms with van der Waals surface area (Å²) in [4.78, 5) is 32.9. The molecule has 1 unspecified atom stereocenters. The quantitative estimate of drug-likeness (QED) is 0.218. The summed E-state index contributed by atoms with van der Waals surface area (Å²) in [6.07, 6.45) is 9.14. The second-order valence-corrected chi connectivity index (χ2v) is 17.7. The number of esters is 1. The van der Waals surface area contributed by atoms with Gasteiger partial charge in [0, 0.05) is 36.7 Å². The molecule has 0 radical (unpaired) electrons. The molecular weight excluding hydrogens is 718 g/mol. The van der Waals surface area contributed by atoms with Crippen molar-refractivity contribution < 1.29 is 36.6 Å². The van der Waals surface area contributed by atoms with Crippen LogP contribution in [-0.2, 0) is 32.3 Å². The van der Waals surface area contributed by atoms with E-state index in [0.29, 0.717) is 41.9 Å². The minimum atomic E-state index is -4.03. The largest absolute Gasteiger partial charge is 0.483 e. The van der Waals surface area contributed by atoms with Crippen molar-refractivity contribution in [2.24, 2.45) is 23.7 Å². The fourth-order valence-electron chi connectivity index (χ4n) is 8.70. The van der Waals surface area contributed by atoms with Gasteiger partial charge in [-0.25, -0.2) is 22.9 Å². The van der Waals surface area contributed by atoms with E-state index in [1.807, 2.05) is 31.2 Å². The maximum Gasteiger partial charge on any atom is 0.360 e. The van der Waals surface area contributed by atoms with Crippen LogP contribution >= 0.6 is 11.6 Å². The summed E-state index contributed by atoms with van der Waals surface area (Å²) in [6.45, 7) is 6.50. The number of ether oxygens (including phenoxy) is 3. The van der Waals surface area contributed by atoms with Crippen molar-refractivity contribution in [1.29, 1.82) is 0 Å². The van der Waals surface area contributed by atoms with E-state index in [4.69, 9.17) is 30.2 Å². The van der Waals surface area contributed by atoms with Crippen molar-refractivity contribution in [3.05, 3.63) is 87.6 Å². The Labute approximate surface area is 316 Å².